The van der Waals surface area contributed by atoms with Crippen molar-refractivity contribution in [2.24, 2.45) is 0 Å². The van der Waals surface area contributed by atoms with Gasteiger partial charge in [-0.2, -0.15) is 0 Å². The second-order valence-corrected chi connectivity index (χ2v) is 3.16. The number of hydrogen-bond donors (Lipinski definition) is 2. The summed E-state index contributed by atoms with van der Waals surface area (Å²) < 4.78 is 0. The van der Waals surface area contributed by atoms with E-state index in [-0.39, 0.29) is 12.3 Å². The summed E-state index contributed by atoms with van der Waals surface area (Å²) in [7, 11) is 0. The molecule has 0 aliphatic carbocycles. The van der Waals surface area contributed by atoms with Crippen molar-refractivity contribution in [3.63, 3.8) is 0 Å². The van der Waals surface area contributed by atoms with Crippen LogP contribution in [-0.2, 0) is 0 Å². The van der Waals surface area contributed by atoms with E-state index < -0.39 is 4.92 Å². The van der Waals surface area contributed by atoms with Crippen molar-refractivity contribution in [3.05, 3.63) is 34.4 Å². The fourth-order valence-corrected chi connectivity index (χ4v) is 1.20. The zero-order valence-corrected chi connectivity index (χ0v) is 8.35. The van der Waals surface area contributed by atoms with Gasteiger partial charge in [0.25, 0.3) is 5.69 Å². The number of non-ortho nitro benzene ring substituents is 1. The van der Waals surface area contributed by atoms with Gasteiger partial charge in [0.15, 0.2) is 0 Å². The average molecular weight is 210 g/mol. The van der Waals surface area contributed by atoms with E-state index in [4.69, 9.17) is 5.11 Å². The van der Waals surface area contributed by atoms with Crippen molar-refractivity contribution in [1.29, 1.82) is 0 Å². The minimum absolute atomic E-state index is 0.0853. The van der Waals surface area contributed by atoms with E-state index in [1.807, 2.05) is 0 Å². The lowest BCUT2D eigenvalue weighted by atomic mass is 10.2. The van der Waals surface area contributed by atoms with Gasteiger partial charge in [-0.1, -0.05) is 6.07 Å². The van der Waals surface area contributed by atoms with Gasteiger partial charge in [0.2, 0.25) is 0 Å². The number of rotatable bonds is 6. The fraction of sp³-hybridized carbons (Fsp3) is 0.400. The molecule has 0 bridgehead atoms. The quantitative estimate of drug-likeness (QED) is 0.426. The molecule has 0 saturated carbocycles. The van der Waals surface area contributed by atoms with E-state index >= 15 is 0 Å². The standard InChI is InChI=1S/C10H14N2O3/c13-7-2-1-6-11-9-4-3-5-10(8-9)12(14)15/h3-5,8,11,13H,1-2,6-7H2. The monoisotopic (exact) mass is 210 g/mol. The largest absolute Gasteiger partial charge is 0.396 e. The minimum Gasteiger partial charge on any atom is -0.396 e. The third kappa shape index (κ3) is 3.95. The first kappa shape index (κ1) is 11.5. The number of nitrogens with one attached hydrogen (secondary N) is 1. The maximum Gasteiger partial charge on any atom is 0.271 e. The Morgan fingerprint density at radius 1 is 1.40 bits per heavy atom. The van der Waals surface area contributed by atoms with Crippen LogP contribution >= 0.6 is 0 Å². The van der Waals surface area contributed by atoms with Crippen molar-refractivity contribution in [2.75, 3.05) is 18.5 Å². The second-order valence-electron chi connectivity index (χ2n) is 3.16. The number of anilines is 1. The predicted octanol–water partition coefficient (Wildman–Crippen LogP) is 1.78. The first-order chi connectivity index (χ1) is 7.24. The molecule has 0 fully saturated rings. The van der Waals surface area contributed by atoms with Gasteiger partial charge in [-0.25, -0.2) is 0 Å². The minimum atomic E-state index is -0.418. The molecular formula is C10H14N2O3. The third-order valence-corrected chi connectivity index (χ3v) is 1.97. The number of unbranched alkanes of at least 4 members (excludes halogenated alkanes) is 1. The Kier molecular flexibility index (Phi) is 4.56. The van der Waals surface area contributed by atoms with Gasteiger partial charge in [-0.3, -0.25) is 10.1 Å². The van der Waals surface area contributed by atoms with E-state index in [1.165, 1.54) is 12.1 Å². The van der Waals surface area contributed by atoms with Gasteiger partial charge in [-0.15, -0.1) is 0 Å². The summed E-state index contributed by atoms with van der Waals surface area (Å²) in [6.07, 6.45) is 1.58. The van der Waals surface area contributed by atoms with Crippen LogP contribution < -0.4 is 5.32 Å². The van der Waals surface area contributed by atoms with E-state index in [0.29, 0.717) is 6.54 Å². The first-order valence-electron chi connectivity index (χ1n) is 4.83. The SMILES string of the molecule is O=[N+]([O-])c1cccc(NCCCCO)c1. The molecule has 15 heavy (non-hydrogen) atoms. The molecule has 0 heterocycles. The van der Waals surface area contributed by atoms with Crippen LogP contribution in [0.4, 0.5) is 11.4 Å². The molecule has 0 amide bonds. The summed E-state index contributed by atoms with van der Waals surface area (Å²) in [5.74, 6) is 0. The van der Waals surface area contributed by atoms with Crippen LogP contribution in [0.1, 0.15) is 12.8 Å². The Morgan fingerprint density at radius 3 is 2.87 bits per heavy atom. The Hall–Kier alpha value is -1.62. The fourth-order valence-electron chi connectivity index (χ4n) is 1.20. The van der Waals surface area contributed by atoms with Crippen LogP contribution in [0.2, 0.25) is 0 Å². The van der Waals surface area contributed by atoms with Crippen LogP contribution in [0.3, 0.4) is 0 Å². The van der Waals surface area contributed by atoms with Crippen LogP contribution in [0.25, 0.3) is 0 Å². The highest BCUT2D eigenvalue weighted by Gasteiger charge is 2.04. The van der Waals surface area contributed by atoms with Gasteiger partial charge in [0, 0.05) is 31.0 Å². The van der Waals surface area contributed by atoms with Gasteiger partial charge in [0.1, 0.15) is 0 Å². The van der Waals surface area contributed by atoms with Gasteiger partial charge >= 0.3 is 0 Å². The lowest BCUT2D eigenvalue weighted by Crippen LogP contribution is -2.02. The Morgan fingerprint density at radius 2 is 2.20 bits per heavy atom. The summed E-state index contributed by atoms with van der Waals surface area (Å²) in [5, 5.41) is 22.1. The number of nitro groups is 1. The highest BCUT2D eigenvalue weighted by atomic mass is 16.6. The maximum atomic E-state index is 10.5. The van der Waals surface area contributed by atoms with Crippen LogP contribution in [0.5, 0.6) is 0 Å². The maximum absolute atomic E-state index is 10.5. The summed E-state index contributed by atoms with van der Waals surface area (Å²) >= 11 is 0. The van der Waals surface area contributed by atoms with Crippen LogP contribution in [0, 0.1) is 10.1 Å². The van der Waals surface area contributed by atoms with Gasteiger partial charge in [0.05, 0.1) is 4.92 Å². The molecule has 0 saturated heterocycles. The van der Waals surface area contributed by atoms with E-state index in [0.717, 1.165) is 18.5 Å². The van der Waals surface area contributed by atoms with Gasteiger partial charge < -0.3 is 10.4 Å². The normalized spacial score (nSPS) is 9.93. The predicted molar refractivity (Wildman–Crippen MR) is 57.9 cm³/mol. The van der Waals surface area contributed by atoms with Crippen LogP contribution in [0.15, 0.2) is 24.3 Å². The molecule has 0 unspecified atom stereocenters. The molecular weight excluding hydrogens is 196 g/mol. The zero-order chi connectivity index (χ0) is 11.1. The van der Waals surface area contributed by atoms with Gasteiger partial charge in [-0.05, 0) is 18.9 Å². The molecule has 2 N–H and O–H groups in total. The zero-order valence-electron chi connectivity index (χ0n) is 8.35. The molecule has 5 heteroatoms. The summed E-state index contributed by atoms with van der Waals surface area (Å²) in [6.45, 7) is 0.887. The average Bonchev–Trinajstić information content (AvgIpc) is 2.25. The molecule has 0 aliphatic heterocycles. The Labute approximate surface area is 87.9 Å². The number of benzene rings is 1. The number of nitrogens with zero attached hydrogens (tertiary/aromatic N) is 1. The van der Waals surface area contributed by atoms with Crippen molar-refractivity contribution >= 4 is 11.4 Å². The number of aliphatic hydroxyl groups excluding tert-OH is 1. The number of hydrogen-bond acceptors (Lipinski definition) is 4. The van der Waals surface area contributed by atoms with Crippen molar-refractivity contribution in [1.82, 2.24) is 0 Å². The lowest BCUT2D eigenvalue weighted by Gasteiger charge is -2.04. The molecule has 1 aromatic rings. The Balaban J connectivity index is 2.47. The summed E-state index contributed by atoms with van der Waals surface area (Å²) in [4.78, 5) is 10.1. The van der Waals surface area contributed by atoms with Crippen LogP contribution in [-0.4, -0.2) is 23.2 Å². The summed E-state index contributed by atoms with van der Waals surface area (Å²) in [6, 6.07) is 6.39. The molecule has 5 nitrogen and oxygen atoms in total. The third-order valence-electron chi connectivity index (χ3n) is 1.97. The highest BCUT2D eigenvalue weighted by molar-refractivity contribution is 5.50. The molecule has 1 aromatic carbocycles. The molecule has 0 atom stereocenters. The smallest absolute Gasteiger partial charge is 0.271 e. The van der Waals surface area contributed by atoms with Crippen molar-refractivity contribution < 1.29 is 10.0 Å². The van der Waals surface area contributed by atoms with E-state index in [1.54, 1.807) is 12.1 Å². The number of nitro benzene ring substituents is 1. The second kappa shape index (κ2) is 5.98. The number of aliphatic hydroxyl groups is 1. The molecule has 0 radical (unpaired) electrons. The summed E-state index contributed by atoms with van der Waals surface area (Å²) in [5.41, 5.74) is 0.823. The first-order valence-corrected chi connectivity index (χ1v) is 4.83. The topological polar surface area (TPSA) is 75.4 Å². The molecule has 0 aromatic heterocycles. The van der Waals surface area contributed by atoms with Crippen molar-refractivity contribution in [2.45, 2.75) is 12.8 Å². The van der Waals surface area contributed by atoms with Crippen molar-refractivity contribution in [3.8, 4) is 0 Å². The lowest BCUT2D eigenvalue weighted by molar-refractivity contribution is -0.384. The highest BCUT2D eigenvalue weighted by Crippen LogP contribution is 2.16. The van der Waals surface area contributed by atoms with E-state index in [2.05, 4.69) is 5.32 Å². The molecule has 1 rings (SSSR count). The molecule has 0 aliphatic rings. The Bertz CT molecular complexity index is 328. The van der Waals surface area contributed by atoms with E-state index in [9.17, 15) is 10.1 Å². The molecule has 82 valence electrons. The molecule has 0 spiro atoms.